The van der Waals surface area contributed by atoms with Crippen molar-refractivity contribution in [2.45, 2.75) is 6.04 Å². The molecule has 1 aliphatic heterocycles. The summed E-state index contributed by atoms with van der Waals surface area (Å²) >= 11 is 0. The number of fused-ring (bicyclic) bond motifs is 1. The molecule has 0 aliphatic carbocycles. The number of benzene rings is 1. The van der Waals surface area contributed by atoms with Gasteiger partial charge in [0, 0.05) is 24.3 Å². The molecule has 1 atom stereocenters. The van der Waals surface area contributed by atoms with Crippen molar-refractivity contribution in [2.75, 3.05) is 13.6 Å². The first-order valence-electron chi connectivity index (χ1n) is 6.99. The summed E-state index contributed by atoms with van der Waals surface area (Å²) in [5.74, 6) is 0.664. The molecule has 6 nitrogen and oxygen atoms in total. The number of hydrogen-bond donors (Lipinski definition) is 2. The lowest BCUT2D eigenvalue weighted by Crippen LogP contribution is -2.39. The largest absolute Gasteiger partial charge is 0.464 e. The topological polar surface area (TPSA) is 66.7 Å². The fraction of sp³-hybridized carbons (Fsp3) is 0.188. The average molecular weight is 299 g/mol. The molecule has 1 unspecified atom stereocenters. The zero-order valence-electron chi connectivity index (χ0n) is 12.1. The first-order valence-corrected chi connectivity index (χ1v) is 6.99. The molecule has 0 radical (unpaired) electrons. The van der Waals surface area contributed by atoms with E-state index in [-0.39, 0.29) is 6.04 Å². The van der Waals surface area contributed by atoms with Crippen LogP contribution < -0.4 is 10.2 Å². The second-order valence-electron chi connectivity index (χ2n) is 4.99. The average Bonchev–Trinajstić information content (AvgIpc) is 2.93. The smallest absolute Gasteiger partial charge is 0.415 e. The van der Waals surface area contributed by atoms with Crippen LogP contribution in [0.5, 0.6) is 5.75 Å². The van der Waals surface area contributed by atoms with Gasteiger partial charge in [-0.25, -0.2) is 9.86 Å². The zero-order valence-corrected chi connectivity index (χ0v) is 12.1. The Balaban J connectivity index is 1.83. The molecule has 2 N–H and O–H groups in total. The molecule has 6 heteroatoms. The summed E-state index contributed by atoms with van der Waals surface area (Å²) in [6.07, 6.45) is 8.35. The maximum absolute atomic E-state index is 11.1. The summed E-state index contributed by atoms with van der Waals surface area (Å²) in [6.45, 7) is 0.762. The van der Waals surface area contributed by atoms with Crippen LogP contribution in [0.3, 0.4) is 0 Å². The van der Waals surface area contributed by atoms with Crippen LogP contribution in [0.4, 0.5) is 4.79 Å². The van der Waals surface area contributed by atoms with Crippen LogP contribution in [-0.2, 0) is 0 Å². The van der Waals surface area contributed by atoms with Crippen molar-refractivity contribution in [3.63, 3.8) is 0 Å². The van der Waals surface area contributed by atoms with E-state index in [1.165, 1.54) is 10.8 Å². The Morgan fingerprint density at radius 2 is 2.23 bits per heavy atom. The summed E-state index contributed by atoms with van der Waals surface area (Å²) in [5, 5.41) is 14.8. The first-order chi connectivity index (χ1) is 10.7. The molecule has 3 rings (SSSR count). The lowest BCUT2D eigenvalue weighted by molar-refractivity contribution is -0.0320. The molecule has 0 saturated heterocycles. The van der Waals surface area contributed by atoms with E-state index in [4.69, 9.17) is 9.94 Å². The van der Waals surface area contributed by atoms with Gasteiger partial charge in [-0.1, -0.05) is 12.2 Å². The molecule has 0 bridgehead atoms. The molecule has 22 heavy (non-hydrogen) atoms. The van der Waals surface area contributed by atoms with Gasteiger partial charge in [-0.15, -0.1) is 0 Å². The number of carbonyl (C=O) groups is 1. The molecular formula is C16H17N3O3. The third kappa shape index (κ3) is 2.68. The van der Waals surface area contributed by atoms with Crippen molar-refractivity contribution in [1.29, 1.82) is 0 Å². The molecule has 0 amide bonds. The molecule has 1 aromatic heterocycles. The number of hydrogen-bond acceptors (Lipinski definition) is 4. The van der Waals surface area contributed by atoms with Crippen LogP contribution in [0.2, 0.25) is 0 Å². The molecule has 0 saturated carbocycles. The van der Waals surface area contributed by atoms with Crippen LogP contribution in [0.1, 0.15) is 0 Å². The Kier molecular flexibility index (Phi) is 3.84. The van der Waals surface area contributed by atoms with Crippen LogP contribution in [-0.4, -0.2) is 40.5 Å². The zero-order chi connectivity index (χ0) is 15.5. The molecule has 1 aliphatic rings. The van der Waals surface area contributed by atoms with Crippen LogP contribution in [0.15, 0.2) is 54.9 Å². The van der Waals surface area contributed by atoms with Gasteiger partial charge in [0.05, 0.1) is 11.6 Å². The van der Waals surface area contributed by atoms with E-state index in [1.54, 1.807) is 23.3 Å². The van der Waals surface area contributed by atoms with E-state index in [1.807, 2.05) is 31.5 Å². The van der Waals surface area contributed by atoms with Gasteiger partial charge in [-0.05, 0) is 37.4 Å². The molecular weight excluding hydrogens is 282 g/mol. The number of likely N-dealkylation sites (N-methyl/N-ethyl adjacent to an activating group) is 1. The molecule has 1 aromatic carbocycles. The Labute approximate surface area is 127 Å². The minimum atomic E-state index is -0.998. The highest BCUT2D eigenvalue weighted by molar-refractivity contribution is 5.89. The van der Waals surface area contributed by atoms with Crippen LogP contribution in [0, 0.1) is 0 Å². The van der Waals surface area contributed by atoms with E-state index in [9.17, 15) is 4.79 Å². The van der Waals surface area contributed by atoms with Crippen molar-refractivity contribution >= 4 is 17.0 Å². The molecule has 0 spiro atoms. The minimum absolute atomic E-state index is 0.106. The maximum atomic E-state index is 11.1. The number of rotatable bonds is 4. The fourth-order valence-electron chi connectivity index (χ4n) is 2.45. The van der Waals surface area contributed by atoms with Gasteiger partial charge in [0.25, 0.3) is 0 Å². The first kappa shape index (κ1) is 14.2. The predicted octanol–water partition coefficient (Wildman–Crippen LogP) is 2.43. The summed E-state index contributed by atoms with van der Waals surface area (Å²) in [6, 6.07) is 7.21. The van der Waals surface area contributed by atoms with Gasteiger partial charge in [0.1, 0.15) is 0 Å². The van der Waals surface area contributed by atoms with Gasteiger partial charge in [0.2, 0.25) is 0 Å². The summed E-state index contributed by atoms with van der Waals surface area (Å²) < 4.78 is 1.19. The number of aromatic nitrogens is 1. The Bertz CT molecular complexity index is 748. The van der Waals surface area contributed by atoms with E-state index in [0.29, 0.717) is 11.3 Å². The van der Waals surface area contributed by atoms with Crippen molar-refractivity contribution < 1.29 is 14.7 Å². The van der Waals surface area contributed by atoms with Gasteiger partial charge in [-0.2, -0.15) is 0 Å². The third-order valence-electron chi connectivity index (χ3n) is 3.50. The van der Waals surface area contributed by atoms with E-state index < -0.39 is 6.09 Å². The van der Waals surface area contributed by atoms with Crippen LogP contribution in [0.25, 0.3) is 10.9 Å². The third-order valence-corrected chi connectivity index (χ3v) is 3.50. The molecule has 2 heterocycles. The lowest BCUT2D eigenvalue weighted by Gasteiger charge is -2.29. The quantitative estimate of drug-likeness (QED) is 0.907. The van der Waals surface area contributed by atoms with Crippen molar-refractivity contribution in [2.24, 2.45) is 0 Å². The predicted molar refractivity (Wildman–Crippen MR) is 83.8 cm³/mol. The normalized spacial score (nSPS) is 17.1. The standard InChI is InChI=1S/C16H17N3O3/c1-17-11-13-4-2-3-8-19(13)22-14-5-6-15-12(10-14)7-9-18(15)16(20)21/h2-10,13,17H,11H2,1H3,(H,20,21). The van der Waals surface area contributed by atoms with E-state index >= 15 is 0 Å². The van der Waals surface area contributed by atoms with E-state index in [0.717, 1.165) is 11.9 Å². The van der Waals surface area contributed by atoms with Crippen molar-refractivity contribution in [3.05, 3.63) is 54.9 Å². The van der Waals surface area contributed by atoms with Gasteiger partial charge >= 0.3 is 6.09 Å². The fourth-order valence-corrected chi connectivity index (χ4v) is 2.45. The molecule has 114 valence electrons. The van der Waals surface area contributed by atoms with Gasteiger partial charge in [-0.3, -0.25) is 4.57 Å². The Morgan fingerprint density at radius 3 is 3.00 bits per heavy atom. The summed E-state index contributed by atoms with van der Waals surface area (Å²) in [5.41, 5.74) is 0.640. The van der Waals surface area contributed by atoms with Crippen molar-refractivity contribution in [3.8, 4) is 5.75 Å². The minimum Gasteiger partial charge on any atom is -0.464 e. The molecule has 2 aromatic rings. The SMILES string of the molecule is CNCC1C=CC=CN1Oc1ccc2c(ccn2C(=O)O)c1. The highest BCUT2D eigenvalue weighted by Crippen LogP contribution is 2.23. The lowest BCUT2D eigenvalue weighted by atomic mass is 10.2. The number of hydroxylamine groups is 2. The Hall–Kier alpha value is -2.73. The number of allylic oxidation sites excluding steroid dienone is 2. The second-order valence-corrected chi connectivity index (χ2v) is 4.99. The monoisotopic (exact) mass is 299 g/mol. The second kappa shape index (κ2) is 5.95. The number of nitrogens with zero attached hydrogens (tertiary/aromatic N) is 2. The van der Waals surface area contributed by atoms with Gasteiger partial charge < -0.3 is 15.3 Å². The highest BCUT2D eigenvalue weighted by Gasteiger charge is 2.16. The van der Waals surface area contributed by atoms with Crippen LogP contribution >= 0.6 is 0 Å². The number of nitrogens with one attached hydrogen (secondary N) is 1. The Morgan fingerprint density at radius 1 is 1.36 bits per heavy atom. The van der Waals surface area contributed by atoms with E-state index in [2.05, 4.69) is 11.4 Å². The van der Waals surface area contributed by atoms with Crippen molar-refractivity contribution in [1.82, 2.24) is 14.9 Å². The highest BCUT2D eigenvalue weighted by atomic mass is 16.7. The summed E-state index contributed by atoms with van der Waals surface area (Å²) in [7, 11) is 1.89. The maximum Gasteiger partial charge on any atom is 0.415 e. The van der Waals surface area contributed by atoms with Gasteiger partial charge in [0.15, 0.2) is 5.75 Å². The summed E-state index contributed by atoms with van der Waals surface area (Å²) in [4.78, 5) is 17.0. The molecule has 0 fully saturated rings. The number of carboxylic acid groups (broad SMARTS) is 1.